The topological polar surface area (TPSA) is 51.2 Å². The molecule has 1 N–H and O–H groups in total. The van der Waals surface area contributed by atoms with E-state index in [1.54, 1.807) is 14.2 Å². The number of methoxy groups -OCH3 is 2. The first-order valence-corrected chi connectivity index (χ1v) is 8.52. The van der Waals surface area contributed by atoms with Gasteiger partial charge in [0.1, 0.15) is 11.5 Å². The fraction of sp³-hybridized carbons (Fsp3) is 0.400. The second-order valence-corrected chi connectivity index (χ2v) is 6.12. The van der Waals surface area contributed by atoms with E-state index in [-0.39, 0.29) is 0 Å². The zero-order valence-electron chi connectivity index (χ0n) is 14.8. The Bertz CT molecular complexity index is 681. The molecule has 1 fully saturated rings. The molecule has 1 aliphatic rings. The van der Waals surface area contributed by atoms with Gasteiger partial charge in [0, 0.05) is 31.3 Å². The monoisotopic (exact) mass is 343 g/mol. The average Bonchev–Trinajstić information content (AvgIpc) is 2.68. The van der Waals surface area contributed by atoms with Crippen molar-refractivity contribution < 1.29 is 19.3 Å². The van der Waals surface area contributed by atoms with E-state index in [0.717, 1.165) is 54.5 Å². The van der Waals surface area contributed by atoms with E-state index in [0.29, 0.717) is 6.54 Å². The average molecular weight is 343 g/mol. The van der Waals surface area contributed by atoms with E-state index in [1.807, 2.05) is 42.5 Å². The molecule has 1 heterocycles. The van der Waals surface area contributed by atoms with Gasteiger partial charge in [-0.05, 0) is 23.3 Å². The fourth-order valence-corrected chi connectivity index (χ4v) is 3.06. The minimum atomic E-state index is -0.495. The Labute approximate surface area is 148 Å². The number of hydrogen-bond acceptors (Lipinski definition) is 5. The minimum absolute atomic E-state index is 0.495. The van der Waals surface area contributed by atoms with Crippen LogP contribution in [0.15, 0.2) is 42.5 Å². The standard InChI is InChI=1S/C20H25NO4/c1-23-17-7-8-18(20(13-17)24-2)15-3-5-16(6-4-15)19(22)14-21-9-11-25-12-10-21/h3-8,13,19,22H,9-12,14H2,1-2H3. The fourth-order valence-electron chi connectivity index (χ4n) is 3.06. The van der Waals surface area contributed by atoms with Crippen molar-refractivity contribution >= 4 is 0 Å². The lowest BCUT2D eigenvalue weighted by molar-refractivity contribution is 0.0143. The number of morpholine rings is 1. The Morgan fingerprint density at radius 1 is 1.04 bits per heavy atom. The van der Waals surface area contributed by atoms with Crippen molar-refractivity contribution in [3.63, 3.8) is 0 Å². The molecular formula is C20H25NO4. The molecule has 25 heavy (non-hydrogen) atoms. The Kier molecular flexibility index (Phi) is 5.91. The summed E-state index contributed by atoms with van der Waals surface area (Å²) >= 11 is 0. The van der Waals surface area contributed by atoms with Crippen LogP contribution in [0.1, 0.15) is 11.7 Å². The van der Waals surface area contributed by atoms with Crippen LogP contribution in [0.3, 0.4) is 0 Å². The third kappa shape index (κ3) is 4.31. The number of aliphatic hydroxyl groups excluding tert-OH is 1. The highest BCUT2D eigenvalue weighted by Crippen LogP contribution is 2.33. The highest BCUT2D eigenvalue weighted by Gasteiger charge is 2.16. The van der Waals surface area contributed by atoms with Gasteiger partial charge >= 0.3 is 0 Å². The van der Waals surface area contributed by atoms with Crippen LogP contribution in [0.2, 0.25) is 0 Å². The van der Waals surface area contributed by atoms with E-state index < -0.39 is 6.10 Å². The molecule has 0 spiro atoms. The lowest BCUT2D eigenvalue weighted by atomic mass is 10.0. The first-order valence-electron chi connectivity index (χ1n) is 8.52. The number of aliphatic hydroxyl groups is 1. The zero-order chi connectivity index (χ0) is 17.6. The quantitative estimate of drug-likeness (QED) is 0.874. The van der Waals surface area contributed by atoms with Crippen molar-refractivity contribution in [1.82, 2.24) is 4.90 Å². The second-order valence-electron chi connectivity index (χ2n) is 6.12. The molecule has 134 valence electrons. The molecule has 2 aromatic rings. The van der Waals surface area contributed by atoms with Gasteiger partial charge in [-0.1, -0.05) is 24.3 Å². The van der Waals surface area contributed by atoms with Crippen molar-refractivity contribution in [1.29, 1.82) is 0 Å². The molecule has 5 nitrogen and oxygen atoms in total. The van der Waals surface area contributed by atoms with Crippen molar-refractivity contribution in [3.05, 3.63) is 48.0 Å². The first-order chi connectivity index (χ1) is 12.2. The van der Waals surface area contributed by atoms with Gasteiger partial charge in [0.2, 0.25) is 0 Å². The SMILES string of the molecule is COc1ccc(-c2ccc(C(O)CN3CCOCC3)cc2)c(OC)c1. The Hall–Kier alpha value is -2.08. The summed E-state index contributed by atoms with van der Waals surface area (Å²) in [7, 11) is 3.29. The highest BCUT2D eigenvalue weighted by atomic mass is 16.5. The lowest BCUT2D eigenvalue weighted by Crippen LogP contribution is -2.38. The van der Waals surface area contributed by atoms with Crippen LogP contribution in [0.4, 0.5) is 0 Å². The van der Waals surface area contributed by atoms with Crippen molar-refractivity contribution in [3.8, 4) is 22.6 Å². The van der Waals surface area contributed by atoms with Crippen molar-refractivity contribution in [2.24, 2.45) is 0 Å². The number of benzene rings is 2. The molecule has 2 aromatic carbocycles. The Morgan fingerprint density at radius 2 is 1.76 bits per heavy atom. The van der Waals surface area contributed by atoms with Crippen molar-refractivity contribution in [2.45, 2.75) is 6.10 Å². The first kappa shape index (κ1) is 17.7. The number of ether oxygens (including phenoxy) is 3. The molecule has 3 rings (SSSR count). The smallest absolute Gasteiger partial charge is 0.130 e. The molecule has 0 amide bonds. The van der Waals surface area contributed by atoms with Crippen LogP contribution < -0.4 is 9.47 Å². The van der Waals surface area contributed by atoms with E-state index in [1.165, 1.54) is 0 Å². The molecule has 0 aromatic heterocycles. The molecule has 1 unspecified atom stereocenters. The van der Waals surface area contributed by atoms with Gasteiger partial charge in [0.05, 0.1) is 33.5 Å². The van der Waals surface area contributed by atoms with Gasteiger partial charge in [-0.2, -0.15) is 0 Å². The maximum absolute atomic E-state index is 10.5. The largest absolute Gasteiger partial charge is 0.497 e. The maximum atomic E-state index is 10.5. The third-order valence-corrected chi connectivity index (χ3v) is 4.55. The second kappa shape index (κ2) is 8.34. The molecule has 0 bridgehead atoms. The predicted octanol–water partition coefficient (Wildman–Crippen LogP) is 2.74. The molecule has 0 radical (unpaired) electrons. The van der Waals surface area contributed by atoms with Gasteiger partial charge in [0.15, 0.2) is 0 Å². The summed E-state index contributed by atoms with van der Waals surface area (Å²) in [6, 6.07) is 13.8. The molecule has 5 heteroatoms. The number of hydrogen-bond donors (Lipinski definition) is 1. The van der Waals surface area contributed by atoms with Gasteiger partial charge < -0.3 is 19.3 Å². The predicted molar refractivity (Wildman–Crippen MR) is 97.2 cm³/mol. The summed E-state index contributed by atoms with van der Waals surface area (Å²) in [5, 5.41) is 10.5. The number of rotatable bonds is 6. The highest BCUT2D eigenvalue weighted by molar-refractivity contribution is 5.71. The normalized spacial score (nSPS) is 16.4. The van der Waals surface area contributed by atoms with E-state index in [9.17, 15) is 5.11 Å². The van der Waals surface area contributed by atoms with Crippen molar-refractivity contribution in [2.75, 3.05) is 47.1 Å². The number of β-amino-alcohol motifs (C(OH)–C–C–N with tert-alkyl or cyclic N) is 1. The van der Waals surface area contributed by atoms with Crippen LogP contribution in [0.25, 0.3) is 11.1 Å². The van der Waals surface area contributed by atoms with E-state index >= 15 is 0 Å². The van der Waals surface area contributed by atoms with Crippen LogP contribution in [0, 0.1) is 0 Å². The maximum Gasteiger partial charge on any atom is 0.130 e. The van der Waals surface area contributed by atoms with Crippen LogP contribution >= 0.6 is 0 Å². The molecule has 1 aliphatic heterocycles. The van der Waals surface area contributed by atoms with Crippen LogP contribution in [-0.2, 0) is 4.74 Å². The third-order valence-electron chi connectivity index (χ3n) is 4.55. The summed E-state index contributed by atoms with van der Waals surface area (Å²) in [6.07, 6.45) is -0.495. The van der Waals surface area contributed by atoms with Crippen LogP contribution in [-0.4, -0.2) is 57.1 Å². The summed E-state index contributed by atoms with van der Waals surface area (Å²) in [5.41, 5.74) is 2.96. The molecular weight excluding hydrogens is 318 g/mol. The molecule has 0 aliphatic carbocycles. The summed E-state index contributed by atoms with van der Waals surface area (Å²) in [5.74, 6) is 1.53. The minimum Gasteiger partial charge on any atom is -0.497 e. The molecule has 1 atom stereocenters. The van der Waals surface area contributed by atoms with Gasteiger partial charge in [-0.15, -0.1) is 0 Å². The zero-order valence-corrected chi connectivity index (χ0v) is 14.8. The molecule has 1 saturated heterocycles. The van der Waals surface area contributed by atoms with Gasteiger partial charge in [-0.3, -0.25) is 4.90 Å². The lowest BCUT2D eigenvalue weighted by Gasteiger charge is -2.28. The summed E-state index contributed by atoms with van der Waals surface area (Å²) in [4.78, 5) is 2.23. The van der Waals surface area contributed by atoms with Crippen LogP contribution in [0.5, 0.6) is 11.5 Å². The number of nitrogens with zero attached hydrogens (tertiary/aromatic N) is 1. The van der Waals surface area contributed by atoms with Gasteiger partial charge in [-0.25, -0.2) is 0 Å². The van der Waals surface area contributed by atoms with Gasteiger partial charge in [0.25, 0.3) is 0 Å². The Balaban J connectivity index is 1.73. The summed E-state index contributed by atoms with van der Waals surface area (Å²) < 4.78 is 16.1. The molecule has 0 saturated carbocycles. The van der Waals surface area contributed by atoms with E-state index in [2.05, 4.69) is 4.90 Å². The van der Waals surface area contributed by atoms with E-state index in [4.69, 9.17) is 14.2 Å². The Morgan fingerprint density at radius 3 is 2.40 bits per heavy atom. The summed E-state index contributed by atoms with van der Waals surface area (Å²) in [6.45, 7) is 3.86.